The van der Waals surface area contributed by atoms with E-state index in [4.69, 9.17) is 9.90 Å². The molecule has 196 valence electrons. The summed E-state index contributed by atoms with van der Waals surface area (Å²) in [5.41, 5.74) is 0.677. The molecule has 1 aromatic rings. The van der Waals surface area contributed by atoms with E-state index in [2.05, 4.69) is 26.1 Å². The van der Waals surface area contributed by atoms with E-state index in [1.807, 2.05) is 34.1 Å². The lowest BCUT2D eigenvalue weighted by Crippen LogP contribution is -2.47. The number of nitrogens with zero attached hydrogens (tertiary/aromatic N) is 3. The summed E-state index contributed by atoms with van der Waals surface area (Å²) in [5, 5.41) is 10.4. The molecule has 35 heavy (non-hydrogen) atoms. The maximum absolute atomic E-state index is 13.1. The van der Waals surface area contributed by atoms with Gasteiger partial charge in [-0.05, 0) is 50.2 Å². The van der Waals surface area contributed by atoms with Crippen molar-refractivity contribution in [2.24, 2.45) is 0 Å². The third-order valence-corrected chi connectivity index (χ3v) is 6.35. The summed E-state index contributed by atoms with van der Waals surface area (Å²) in [6.07, 6.45) is -0.913. The number of aliphatic carboxylic acids is 1. The van der Waals surface area contributed by atoms with Gasteiger partial charge in [-0.2, -0.15) is 13.2 Å². The first-order valence-electron chi connectivity index (χ1n) is 11.6. The van der Waals surface area contributed by atoms with Gasteiger partial charge in [0.2, 0.25) is 5.91 Å². The number of carboxylic acid groups (broad SMARTS) is 1. The van der Waals surface area contributed by atoms with E-state index in [-0.39, 0.29) is 11.8 Å². The number of piperazine rings is 1. The molecular weight excluding hydrogens is 533 g/mol. The first kappa shape index (κ1) is 29.1. The Balaban J connectivity index is 0.000000540. The van der Waals surface area contributed by atoms with E-state index in [1.165, 1.54) is 19.3 Å². The molecule has 0 bridgehead atoms. The SMILES string of the molecule is O=C(CCN(CCN1CCCCC1)C(=O)c1ccc(Br)cc1)N1CCNCC1.O=C(O)C(F)(F)F. The number of likely N-dealkylation sites (tertiary alicyclic amines) is 1. The fourth-order valence-electron chi connectivity index (χ4n) is 3.84. The number of amides is 2. The van der Waals surface area contributed by atoms with Crippen LogP contribution >= 0.6 is 15.9 Å². The lowest BCUT2D eigenvalue weighted by molar-refractivity contribution is -0.192. The zero-order valence-electron chi connectivity index (χ0n) is 19.5. The standard InChI is InChI=1S/C21H31BrN4O2.C2HF3O2/c22-19-6-4-18(5-7-19)21(28)26(17-16-24-11-2-1-3-12-24)13-8-20(27)25-14-9-23-10-15-25;3-2(4,5)1(6)7/h4-7,23H,1-3,8-17H2;(H,6,7). The van der Waals surface area contributed by atoms with Crippen LogP contribution in [0.25, 0.3) is 0 Å². The molecule has 0 aromatic heterocycles. The van der Waals surface area contributed by atoms with E-state index in [0.29, 0.717) is 25.1 Å². The van der Waals surface area contributed by atoms with Crippen LogP contribution in [0.2, 0.25) is 0 Å². The topological polar surface area (TPSA) is 93.2 Å². The zero-order valence-corrected chi connectivity index (χ0v) is 21.1. The Bertz CT molecular complexity index is 827. The minimum Gasteiger partial charge on any atom is -0.475 e. The second-order valence-electron chi connectivity index (χ2n) is 8.39. The van der Waals surface area contributed by atoms with Gasteiger partial charge in [-0.1, -0.05) is 22.4 Å². The number of carboxylic acids is 1. The van der Waals surface area contributed by atoms with Gasteiger partial charge in [0.1, 0.15) is 0 Å². The van der Waals surface area contributed by atoms with E-state index >= 15 is 0 Å². The summed E-state index contributed by atoms with van der Waals surface area (Å²) in [7, 11) is 0. The van der Waals surface area contributed by atoms with Gasteiger partial charge in [-0.25, -0.2) is 4.79 Å². The third kappa shape index (κ3) is 10.5. The molecule has 3 rings (SSSR count). The Morgan fingerprint density at radius 1 is 0.971 bits per heavy atom. The Hall–Kier alpha value is -2.18. The van der Waals surface area contributed by atoms with Crippen LogP contribution in [0, 0.1) is 0 Å². The van der Waals surface area contributed by atoms with Gasteiger partial charge < -0.3 is 25.1 Å². The van der Waals surface area contributed by atoms with E-state index in [0.717, 1.165) is 50.3 Å². The highest BCUT2D eigenvalue weighted by molar-refractivity contribution is 9.10. The molecule has 1 aromatic carbocycles. The van der Waals surface area contributed by atoms with Crippen molar-refractivity contribution in [1.82, 2.24) is 20.0 Å². The number of carbonyl (C=O) groups excluding carboxylic acids is 2. The van der Waals surface area contributed by atoms with Crippen LogP contribution < -0.4 is 5.32 Å². The molecule has 2 N–H and O–H groups in total. The Morgan fingerprint density at radius 3 is 2.09 bits per heavy atom. The summed E-state index contributed by atoms with van der Waals surface area (Å²) in [5.74, 6) is -2.60. The highest BCUT2D eigenvalue weighted by atomic mass is 79.9. The number of carbonyl (C=O) groups is 3. The van der Waals surface area contributed by atoms with Crippen LogP contribution in [-0.2, 0) is 9.59 Å². The summed E-state index contributed by atoms with van der Waals surface area (Å²) in [4.78, 5) is 40.7. The Kier molecular flexibility index (Phi) is 12.0. The van der Waals surface area contributed by atoms with E-state index in [9.17, 15) is 22.8 Å². The van der Waals surface area contributed by atoms with E-state index in [1.54, 1.807) is 0 Å². The fraction of sp³-hybridized carbons (Fsp3) is 0.609. The molecule has 2 aliphatic heterocycles. The van der Waals surface area contributed by atoms with Gasteiger partial charge in [0, 0.05) is 62.3 Å². The highest BCUT2D eigenvalue weighted by Crippen LogP contribution is 2.15. The van der Waals surface area contributed by atoms with Crippen LogP contribution in [0.15, 0.2) is 28.7 Å². The van der Waals surface area contributed by atoms with Crippen LogP contribution in [-0.4, -0.2) is 103 Å². The quantitative estimate of drug-likeness (QED) is 0.529. The first-order valence-corrected chi connectivity index (χ1v) is 12.4. The molecule has 12 heteroatoms. The molecule has 0 spiro atoms. The number of rotatable bonds is 7. The van der Waals surface area contributed by atoms with Crippen molar-refractivity contribution in [3.63, 3.8) is 0 Å². The smallest absolute Gasteiger partial charge is 0.475 e. The summed E-state index contributed by atoms with van der Waals surface area (Å²) in [6, 6.07) is 7.47. The maximum Gasteiger partial charge on any atom is 0.490 e. The van der Waals surface area contributed by atoms with Crippen molar-refractivity contribution >= 4 is 33.7 Å². The number of piperidine rings is 1. The largest absolute Gasteiger partial charge is 0.490 e. The number of hydrogen-bond donors (Lipinski definition) is 2. The number of halogens is 4. The van der Waals surface area contributed by atoms with Gasteiger partial charge in [0.05, 0.1) is 0 Å². The predicted molar refractivity (Wildman–Crippen MR) is 128 cm³/mol. The number of alkyl halides is 3. The average Bonchev–Trinajstić information content (AvgIpc) is 2.85. The average molecular weight is 565 g/mol. The fourth-order valence-corrected chi connectivity index (χ4v) is 4.10. The van der Waals surface area contributed by atoms with Crippen molar-refractivity contribution in [1.29, 1.82) is 0 Å². The molecule has 8 nitrogen and oxygen atoms in total. The van der Waals surface area contributed by atoms with Crippen LogP contribution in [0.4, 0.5) is 13.2 Å². The number of benzene rings is 1. The molecule has 2 heterocycles. The van der Waals surface area contributed by atoms with Crippen LogP contribution in [0.5, 0.6) is 0 Å². The van der Waals surface area contributed by atoms with Crippen molar-refractivity contribution in [3.8, 4) is 0 Å². The number of nitrogens with one attached hydrogen (secondary N) is 1. The summed E-state index contributed by atoms with van der Waals surface area (Å²) in [6.45, 7) is 7.46. The second-order valence-corrected chi connectivity index (χ2v) is 9.30. The Morgan fingerprint density at radius 2 is 1.54 bits per heavy atom. The molecule has 0 saturated carbocycles. The van der Waals surface area contributed by atoms with Crippen molar-refractivity contribution in [2.45, 2.75) is 31.9 Å². The molecule has 0 unspecified atom stereocenters. The molecule has 0 radical (unpaired) electrons. The van der Waals surface area contributed by atoms with Gasteiger partial charge in [0.25, 0.3) is 5.91 Å². The molecule has 2 aliphatic rings. The summed E-state index contributed by atoms with van der Waals surface area (Å²) >= 11 is 3.42. The van der Waals surface area contributed by atoms with Gasteiger partial charge in [-0.3, -0.25) is 9.59 Å². The monoisotopic (exact) mass is 564 g/mol. The van der Waals surface area contributed by atoms with Crippen LogP contribution in [0.1, 0.15) is 36.0 Å². The lowest BCUT2D eigenvalue weighted by Gasteiger charge is -2.31. The zero-order chi connectivity index (χ0) is 25.8. The van der Waals surface area contributed by atoms with Crippen molar-refractivity contribution in [3.05, 3.63) is 34.3 Å². The molecule has 2 fully saturated rings. The normalized spacial score (nSPS) is 16.7. The maximum atomic E-state index is 13.1. The van der Waals surface area contributed by atoms with Gasteiger partial charge in [-0.15, -0.1) is 0 Å². The summed E-state index contributed by atoms with van der Waals surface area (Å²) < 4.78 is 32.7. The molecule has 2 amide bonds. The molecule has 0 atom stereocenters. The molecule has 2 saturated heterocycles. The van der Waals surface area contributed by atoms with Crippen molar-refractivity contribution in [2.75, 3.05) is 58.9 Å². The minimum absolute atomic E-state index is 0.0117. The second kappa shape index (κ2) is 14.4. The van der Waals surface area contributed by atoms with Gasteiger partial charge in [0.15, 0.2) is 0 Å². The number of hydrogen-bond acceptors (Lipinski definition) is 5. The van der Waals surface area contributed by atoms with Crippen molar-refractivity contribution < 1.29 is 32.7 Å². The lowest BCUT2D eigenvalue weighted by atomic mass is 10.1. The molecular formula is C23H32BrF3N4O4. The third-order valence-electron chi connectivity index (χ3n) is 5.82. The predicted octanol–water partition coefficient (Wildman–Crippen LogP) is 2.83. The Labute approximate surface area is 211 Å². The van der Waals surface area contributed by atoms with E-state index < -0.39 is 12.1 Å². The van der Waals surface area contributed by atoms with Crippen LogP contribution in [0.3, 0.4) is 0 Å². The molecule has 0 aliphatic carbocycles. The minimum atomic E-state index is -5.08. The van der Waals surface area contributed by atoms with Gasteiger partial charge >= 0.3 is 12.1 Å². The highest BCUT2D eigenvalue weighted by Gasteiger charge is 2.38. The first-order chi connectivity index (χ1) is 16.6.